The Labute approximate surface area is 246 Å². The highest BCUT2D eigenvalue weighted by molar-refractivity contribution is 5.85. The Hall–Kier alpha value is -6.10. The third-order valence-electron chi connectivity index (χ3n) is 7.11. The molecule has 0 N–H and O–H groups in total. The molecule has 42 heavy (non-hydrogen) atoms. The van der Waals surface area contributed by atoms with Crippen molar-refractivity contribution in [1.29, 1.82) is 10.5 Å². The van der Waals surface area contributed by atoms with Crippen LogP contribution < -0.4 is 9.80 Å². The van der Waals surface area contributed by atoms with Gasteiger partial charge in [-0.1, -0.05) is 84.9 Å². The van der Waals surface area contributed by atoms with Crippen LogP contribution in [0.5, 0.6) is 0 Å². The van der Waals surface area contributed by atoms with E-state index < -0.39 is 0 Å². The fraction of sp³-hybridized carbons (Fsp3) is 0. The molecule has 0 heterocycles. The van der Waals surface area contributed by atoms with Crippen LogP contribution in [0.25, 0.3) is 11.1 Å². The molecule has 0 saturated carbocycles. The minimum absolute atomic E-state index is 0.497. The molecule has 0 radical (unpaired) electrons. The van der Waals surface area contributed by atoms with Crippen molar-refractivity contribution in [3.8, 4) is 23.3 Å². The van der Waals surface area contributed by atoms with Crippen molar-refractivity contribution in [2.75, 3.05) is 9.80 Å². The van der Waals surface area contributed by atoms with E-state index in [1.807, 2.05) is 158 Å². The number of benzene rings is 6. The molecule has 0 aliphatic heterocycles. The zero-order valence-electron chi connectivity index (χ0n) is 22.8. The molecule has 0 aliphatic rings. The average Bonchev–Trinajstić information content (AvgIpc) is 3.07. The lowest BCUT2D eigenvalue weighted by Gasteiger charge is -2.26. The first-order valence-corrected chi connectivity index (χ1v) is 13.7. The van der Waals surface area contributed by atoms with E-state index >= 15 is 0 Å². The van der Waals surface area contributed by atoms with Gasteiger partial charge in [-0.3, -0.25) is 0 Å². The number of nitriles is 2. The summed E-state index contributed by atoms with van der Waals surface area (Å²) in [7, 11) is 0. The van der Waals surface area contributed by atoms with Gasteiger partial charge in [0.05, 0.1) is 23.3 Å². The standard InChI is InChI=1S/C38H26N4/c39-27-29-25-35(41(31-13-5-1-6-14-31)32-15-7-2-8-16-32)21-23-37(29)38-24-22-36(26-30(38)28-40)42(33-17-9-3-10-18-33)34-19-11-4-12-20-34/h1-26H. The van der Waals surface area contributed by atoms with Crippen molar-refractivity contribution in [3.05, 3.63) is 169 Å². The molecule has 6 aromatic carbocycles. The number of hydrogen-bond acceptors (Lipinski definition) is 4. The van der Waals surface area contributed by atoms with Crippen molar-refractivity contribution in [1.82, 2.24) is 0 Å². The quantitative estimate of drug-likeness (QED) is 0.203. The number of nitrogens with zero attached hydrogens (tertiary/aromatic N) is 4. The second-order valence-electron chi connectivity index (χ2n) is 9.70. The van der Waals surface area contributed by atoms with Crippen molar-refractivity contribution >= 4 is 34.1 Å². The van der Waals surface area contributed by atoms with Gasteiger partial charge in [0.25, 0.3) is 0 Å². The van der Waals surface area contributed by atoms with Crippen LogP contribution in [0, 0.1) is 22.7 Å². The molecule has 0 unspecified atom stereocenters. The van der Waals surface area contributed by atoms with Crippen LogP contribution in [0.4, 0.5) is 34.1 Å². The normalized spacial score (nSPS) is 10.3. The van der Waals surface area contributed by atoms with Gasteiger partial charge < -0.3 is 9.80 Å². The van der Waals surface area contributed by atoms with Crippen LogP contribution in [-0.2, 0) is 0 Å². The SMILES string of the molecule is N#Cc1cc(N(c2ccccc2)c2ccccc2)ccc1-c1ccc(N(c2ccccc2)c2ccccc2)cc1C#N. The van der Waals surface area contributed by atoms with E-state index in [0.29, 0.717) is 11.1 Å². The molecule has 0 spiro atoms. The van der Waals surface area contributed by atoms with Crippen LogP contribution in [0.15, 0.2) is 158 Å². The highest BCUT2D eigenvalue weighted by Crippen LogP contribution is 2.40. The fourth-order valence-electron chi connectivity index (χ4n) is 5.20. The summed E-state index contributed by atoms with van der Waals surface area (Å²) in [5, 5.41) is 20.5. The maximum atomic E-state index is 10.3. The van der Waals surface area contributed by atoms with Crippen LogP contribution in [-0.4, -0.2) is 0 Å². The van der Waals surface area contributed by atoms with Gasteiger partial charge in [0, 0.05) is 45.3 Å². The summed E-state index contributed by atoms with van der Waals surface area (Å²) < 4.78 is 0. The Morgan fingerprint density at radius 2 is 0.619 bits per heavy atom. The molecule has 0 aliphatic carbocycles. The van der Waals surface area contributed by atoms with Gasteiger partial charge in [0.15, 0.2) is 0 Å². The Kier molecular flexibility index (Phi) is 7.45. The first-order chi connectivity index (χ1) is 20.8. The summed E-state index contributed by atoms with van der Waals surface area (Å²) in [5.74, 6) is 0. The Balaban J connectivity index is 1.44. The molecule has 6 aromatic rings. The maximum Gasteiger partial charge on any atom is 0.0998 e. The molecule has 4 heteroatoms. The molecule has 0 fully saturated rings. The molecule has 0 bridgehead atoms. The van der Waals surface area contributed by atoms with Gasteiger partial charge in [-0.25, -0.2) is 0 Å². The molecular formula is C38H26N4. The minimum atomic E-state index is 0.497. The zero-order valence-corrected chi connectivity index (χ0v) is 22.8. The summed E-state index contributed by atoms with van der Waals surface area (Å²) in [4.78, 5) is 4.24. The van der Waals surface area contributed by atoms with Crippen molar-refractivity contribution < 1.29 is 0 Å². The lowest BCUT2D eigenvalue weighted by molar-refractivity contribution is 1.27. The van der Waals surface area contributed by atoms with Crippen molar-refractivity contribution in [2.45, 2.75) is 0 Å². The second kappa shape index (κ2) is 12.0. The van der Waals surface area contributed by atoms with Crippen LogP contribution in [0.1, 0.15) is 11.1 Å². The molecule has 0 atom stereocenters. The van der Waals surface area contributed by atoms with Gasteiger partial charge in [0.1, 0.15) is 0 Å². The van der Waals surface area contributed by atoms with Gasteiger partial charge in [-0.2, -0.15) is 10.5 Å². The number of anilines is 6. The summed E-state index contributed by atoms with van der Waals surface area (Å²) >= 11 is 0. The van der Waals surface area contributed by atoms with Crippen LogP contribution in [0.3, 0.4) is 0 Å². The molecule has 0 saturated heterocycles. The first-order valence-electron chi connectivity index (χ1n) is 13.7. The van der Waals surface area contributed by atoms with E-state index in [4.69, 9.17) is 0 Å². The third-order valence-corrected chi connectivity index (χ3v) is 7.11. The van der Waals surface area contributed by atoms with Gasteiger partial charge in [-0.05, 0) is 72.8 Å². The van der Waals surface area contributed by atoms with Gasteiger partial charge in [0.2, 0.25) is 0 Å². The monoisotopic (exact) mass is 538 g/mol. The van der Waals surface area contributed by atoms with E-state index in [2.05, 4.69) is 21.9 Å². The number of para-hydroxylation sites is 4. The van der Waals surface area contributed by atoms with Gasteiger partial charge in [-0.15, -0.1) is 0 Å². The summed E-state index contributed by atoms with van der Waals surface area (Å²) in [6.45, 7) is 0. The van der Waals surface area contributed by atoms with E-state index in [9.17, 15) is 10.5 Å². The average molecular weight is 539 g/mol. The maximum absolute atomic E-state index is 10.3. The highest BCUT2D eigenvalue weighted by Gasteiger charge is 2.18. The van der Waals surface area contributed by atoms with Crippen LogP contribution in [0.2, 0.25) is 0 Å². The smallest absolute Gasteiger partial charge is 0.0998 e. The molecule has 0 amide bonds. The van der Waals surface area contributed by atoms with Crippen LogP contribution >= 0.6 is 0 Å². The van der Waals surface area contributed by atoms with Crippen molar-refractivity contribution in [2.24, 2.45) is 0 Å². The summed E-state index contributed by atoms with van der Waals surface area (Å²) in [6, 6.07) is 56.8. The summed E-state index contributed by atoms with van der Waals surface area (Å²) in [5.41, 5.74) is 8.12. The second-order valence-corrected chi connectivity index (χ2v) is 9.70. The van der Waals surface area contributed by atoms with E-state index in [1.165, 1.54) is 0 Å². The fourth-order valence-corrected chi connectivity index (χ4v) is 5.20. The van der Waals surface area contributed by atoms with E-state index in [1.54, 1.807) is 0 Å². The molecular weight excluding hydrogens is 512 g/mol. The first kappa shape index (κ1) is 26.1. The molecule has 198 valence electrons. The minimum Gasteiger partial charge on any atom is -0.310 e. The highest BCUT2D eigenvalue weighted by atomic mass is 15.1. The Morgan fingerprint density at radius 1 is 0.333 bits per heavy atom. The zero-order chi connectivity index (χ0) is 28.7. The number of rotatable bonds is 7. The van der Waals surface area contributed by atoms with E-state index in [-0.39, 0.29) is 0 Å². The lowest BCUT2D eigenvalue weighted by atomic mass is 9.94. The predicted molar refractivity (Wildman–Crippen MR) is 171 cm³/mol. The Bertz CT molecular complexity index is 1670. The lowest BCUT2D eigenvalue weighted by Crippen LogP contribution is -2.10. The topological polar surface area (TPSA) is 54.1 Å². The molecule has 4 nitrogen and oxygen atoms in total. The Morgan fingerprint density at radius 3 is 0.881 bits per heavy atom. The summed E-state index contributed by atoms with van der Waals surface area (Å²) in [6.07, 6.45) is 0. The number of hydrogen-bond donors (Lipinski definition) is 0. The molecule has 0 aromatic heterocycles. The molecule has 6 rings (SSSR count). The van der Waals surface area contributed by atoms with E-state index in [0.717, 1.165) is 45.3 Å². The largest absolute Gasteiger partial charge is 0.310 e. The van der Waals surface area contributed by atoms with Crippen molar-refractivity contribution in [3.63, 3.8) is 0 Å². The third kappa shape index (κ3) is 5.21. The predicted octanol–water partition coefficient (Wildman–Crippen LogP) is 10.0. The van der Waals surface area contributed by atoms with Gasteiger partial charge >= 0.3 is 0 Å².